The van der Waals surface area contributed by atoms with E-state index in [1.54, 1.807) is 25.1 Å². The Kier molecular flexibility index (Phi) is 4.93. The molecule has 5 nitrogen and oxygen atoms in total. The van der Waals surface area contributed by atoms with Crippen molar-refractivity contribution < 1.29 is 14.6 Å². The lowest BCUT2D eigenvalue weighted by atomic mass is 10.1. The third-order valence-electron chi connectivity index (χ3n) is 2.54. The lowest BCUT2D eigenvalue weighted by Gasteiger charge is -2.16. The minimum Gasteiger partial charge on any atom is -0.398 e. The standard InChI is InChI=1S/C12H18N2O3/c1-8-10(4-3-5-11(8)13)12(16)14-9(6-15)7-17-2/h3-5,9,15H,6-7,13H2,1-2H3,(H,14,16). The van der Waals surface area contributed by atoms with Crippen LogP contribution in [0.15, 0.2) is 18.2 Å². The smallest absolute Gasteiger partial charge is 0.252 e. The Balaban J connectivity index is 2.79. The molecule has 1 atom stereocenters. The first-order valence-electron chi connectivity index (χ1n) is 5.36. The molecule has 0 aliphatic rings. The van der Waals surface area contributed by atoms with Gasteiger partial charge in [0.2, 0.25) is 0 Å². The number of nitrogens with one attached hydrogen (secondary N) is 1. The van der Waals surface area contributed by atoms with Gasteiger partial charge in [-0.25, -0.2) is 0 Å². The van der Waals surface area contributed by atoms with Crippen LogP contribution in [0, 0.1) is 6.92 Å². The van der Waals surface area contributed by atoms with E-state index in [2.05, 4.69) is 5.32 Å². The van der Waals surface area contributed by atoms with Crippen molar-refractivity contribution in [3.8, 4) is 0 Å². The van der Waals surface area contributed by atoms with Crippen molar-refractivity contribution in [3.63, 3.8) is 0 Å². The van der Waals surface area contributed by atoms with E-state index in [4.69, 9.17) is 15.6 Å². The fourth-order valence-corrected chi connectivity index (χ4v) is 1.50. The van der Waals surface area contributed by atoms with Crippen LogP contribution in [0.5, 0.6) is 0 Å². The molecule has 1 aromatic rings. The lowest BCUT2D eigenvalue weighted by molar-refractivity contribution is 0.0839. The molecule has 0 saturated heterocycles. The SMILES string of the molecule is COCC(CO)NC(=O)c1cccc(N)c1C. The van der Waals surface area contributed by atoms with Crippen LogP contribution in [0.25, 0.3) is 0 Å². The summed E-state index contributed by atoms with van der Waals surface area (Å²) in [6, 6.07) is 4.75. The number of carbonyl (C=O) groups excluding carboxylic acids is 1. The molecule has 0 aliphatic carbocycles. The van der Waals surface area contributed by atoms with Crippen molar-refractivity contribution in [3.05, 3.63) is 29.3 Å². The van der Waals surface area contributed by atoms with Gasteiger partial charge in [0, 0.05) is 18.4 Å². The van der Waals surface area contributed by atoms with Crippen LogP contribution in [0.4, 0.5) is 5.69 Å². The molecule has 0 radical (unpaired) electrons. The van der Waals surface area contributed by atoms with Gasteiger partial charge in [0.15, 0.2) is 0 Å². The fourth-order valence-electron chi connectivity index (χ4n) is 1.50. The molecular weight excluding hydrogens is 220 g/mol. The number of carbonyl (C=O) groups is 1. The predicted octanol–water partition coefficient (Wildman–Crippen LogP) is 0.314. The number of benzene rings is 1. The zero-order chi connectivity index (χ0) is 12.8. The van der Waals surface area contributed by atoms with Gasteiger partial charge in [-0.2, -0.15) is 0 Å². The first-order chi connectivity index (χ1) is 8.10. The maximum Gasteiger partial charge on any atom is 0.252 e. The molecule has 0 saturated carbocycles. The molecule has 0 heterocycles. The largest absolute Gasteiger partial charge is 0.398 e. The van der Waals surface area contributed by atoms with E-state index in [0.717, 1.165) is 5.56 Å². The number of nitrogens with two attached hydrogens (primary N) is 1. The molecular formula is C12H18N2O3. The summed E-state index contributed by atoms with van der Waals surface area (Å²) in [5.41, 5.74) is 7.55. The number of aliphatic hydroxyl groups is 1. The average Bonchev–Trinajstić information content (AvgIpc) is 2.31. The highest BCUT2D eigenvalue weighted by molar-refractivity contribution is 5.97. The van der Waals surface area contributed by atoms with Crippen molar-refractivity contribution >= 4 is 11.6 Å². The number of amides is 1. The van der Waals surface area contributed by atoms with Crippen molar-refractivity contribution in [2.24, 2.45) is 0 Å². The van der Waals surface area contributed by atoms with Gasteiger partial charge in [0.25, 0.3) is 5.91 Å². The van der Waals surface area contributed by atoms with Gasteiger partial charge < -0.3 is 20.9 Å². The molecule has 0 fully saturated rings. The zero-order valence-electron chi connectivity index (χ0n) is 10.1. The van der Waals surface area contributed by atoms with E-state index in [1.165, 1.54) is 7.11 Å². The number of ether oxygens (including phenoxy) is 1. The normalized spacial score (nSPS) is 12.2. The Labute approximate surface area is 101 Å². The van der Waals surface area contributed by atoms with Crippen LogP contribution >= 0.6 is 0 Å². The van der Waals surface area contributed by atoms with Crippen molar-refractivity contribution in [1.82, 2.24) is 5.32 Å². The van der Waals surface area contributed by atoms with Gasteiger partial charge in [-0.05, 0) is 24.6 Å². The predicted molar refractivity (Wildman–Crippen MR) is 65.8 cm³/mol. The van der Waals surface area contributed by atoms with Gasteiger partial charge in [-0.3, -0.25) is 4.79 Å². The van der Waals surface area contributed by atoms with Crippen LogP contribution in [0.1, 0.15) is 15.9 Å². The van der Waals surface area contributed by atoms with Crippen LogP contribution < -0.4 is 11.1 Å². The number of rotatable bonds is 5. The van der Waals surface area contributed by atoms with Crippen LogP contribution in [-0.2, 0) is 4.74 Å². The summed E-state index contributed by atoms with van der Waals surface area (Å²) in [7, 11) is 1.51. The Bertz CT molecular complexity index is 393. The molecule has 1 amide bonds. The van der Waals surface area contributed by atoms with Crippen LogP contribution in [0.2, 0.25) is 0 Å². The van der Waals surface area contributed by atoms with Gasteiger partial charge in [0.1, 0.15) is 0 Å². The second kappa shape index (κ2) is 6.22. The molecule has 4 N–H and O–H groups in total. The molecule has 1 unspecified atom stereocenters. The number of hydrogen-bond donors (Lipinski definition) is 3. The van der Waals surface area contributed by atoms with E-state index in [1.807, 2.05) is 0 Å². The number of nitrogen functional groups attached to an aromatic ring is 1. The van der Waals surface area contributed by atoms with Crippen LogP contribution in [0.3, 0.4) is 0 Å². The molecule has 1 rings (SSSR count). The van der Waals surface area contributed by atoms with Gasteiger partial charge in [0.05, 0.1) is 19.3 Å². The highest BCUT2D eigenvalue weighted by Gasteiger charge is 2.15. The quantitative estimate of drug-likeness (QED) is 0.645. The molecule has 1 aromatic carbocycles. The van der Waals surface area contributed by atoms with Gasteiger partial charge in [-0.1, -0.05) is 6.07 Å². The average molecular weight is 238 g/mol. The van der Waals surface area contributed by atoms with Crippen molar-refractivity contribution in [2.45, 2.75) is 13.0 Å². The fraction of sp³-hybridized carbons (Fsp3) is 0.417. The highest BCUT2D eigenvalue weighted by Crippen LogP contribution is 2.15. The lowest BCUT2D eigenvalue weighted by Crippen LogP contribution is -2.40. The first-order valence-corrected chi connectivity index (χ1v) is 5.36. The van der Waals surface area contributed by atoms with Gasteiger partial charge >= 0.3 is 0 Å². The maximum atomic E-state index is 11.9. The Morgan fingerprint density at radius 3 is 2.88 bits per heavy atom. The van der Waals surface area contributed by atoms with E-state index in [9.17, 15) is 4.79 Å². The minimum atomic E-state index is -0.409. The Morgan fingerprint density at radius 2 is 2.29 bits per heavy atom. The van der Waals surface area contributed by atoms with Crippen LogP contribution in [-0.4, -0.2) is 37.4 Å². The van der Waals surface area contributed by atoms with Gasteiger partial charge in [-0.15, -0.1) is 0 Å². The Morgan fingerprint density at radius 1 is 1.59 bits per heavy atom. The van der Waals surface area contributed by atoms with E-state index >= 15 is 0 Å². The molecule has 0 aliphatic heterocycles. The van der Waals surface area contributed by atoms with E-state index < -0.39 is 6.04 Å². The summed E-state index contributed by atoms with van der Waals surface area (Å²) in [4.78, 5) is 11.9. The summed E-state index contributed by atoms with van der Waals surface area (Å²) < 4.78 is 4.89. The van der Waals surface area contributed by atoms with E-state index in [-0.39, 0.29) is 19.1 Å². The number of aliphatic hydroxyl groups excluding tert-OH is 1. The van der Waals surface area contributed by atoms with E-state index in [0.29, 0.717) is 11.3 Å². The molecule has 0 aromatic heterocycles. The summed E-state index contributed by atoms with van der Waals surface area (Å²) in [5, 5.41) is 11.7. The molecule has 17 heavy (non-hydrogen) atoms. The summed E-state index contributed by atoms with van der Waals surface area (Å²) in [6.45, 7) is 1.89. The second-order valence-corrected chi connectivity index (χ2v) is 3.83. The van der Waals surface area contributed by atoms with Crippen molar-refractivity contribution in [2.75, 3.05) is 26.1 Å². The summed E-state index contributed by atoms with van der Waals surface area (Å²) in [6.07, 6.45) is 0. The topological polar surface area (TPSA) is 84.6 Å². The molecule has 0 bridgehead atoms. The third kappa shape index (κ3) is 3.44. The van der Waals surface area contributed by atoms with Crippen molar-refractivity contribution in [1.29, 1.82) is 0 Å². The molecule has 0 spiro atoms. The Hall–Kier alpha value is -1.59. The third-order valence-corrected chi connectivity index (χ3v) is 2.54. The monoisotopic (exact) mass is 238 g/mol. The minimum absolute atomic E-state index is 0.166. The summed E-state index contributed by atoms with van der Waals surface area (Å²) in [5.74, 6) is -0.258. The number of anilines is 1. The number of hydrogen-bond acceptors (Lipinski definition) is 4. The summed E-state index contributed by atoms with van der Waals surface area (Å²) >= 11 is 0. The zero-order valence-corrected chi connectivity index (χ0v) is 10.1. The maximum absolute atomic E-state index is 11.9. The first kappa shape index (κ1) is 13.5. The second-order valence-electron chi connectivity index (χ2n) is 3.83. The molecule has 5 heteroatoms. The number of methoxy groups -OCH3 is 1. The highest BCUT2D eigenvalue weighted by atomic mass is 16.5. The molecule has 94 valence electrons.